The number of nitrogens with zero attached hydrogens (tertiary/aromatic N) is 2. The minimum Gasteiger partial charge on any atom is -0.370 e. The van der Waals surface area contributed by atoms with Gasteiger partial charge in [0, 0.05) is 26.4 Å². The molecule has 0 aliphatic carbocycles. The number of aromatic nitrogens is 1. The van der Waals surface area contributed by atoms with Crippen LogP contribution in [0.4, 0.5) is 5.82 Å². The van der Waals surface area contributed by atoms with Crippen molar-refractivity contribution >= 4 is 21.6 Å². The average molecular weight is 285 g/mol. The van der Waals surface area contributed by atoms with Crippen molar-refractivity contribution in [2.75, 3.05) is 37.5 Å². The highest BCUT2D eigenvalue weighted by Crippen LogP contribution is 2.06. The Hall–Kier alpha value is -1.63. The van der Waals surface area contributed by atoms with E-state index >= 15 is 0 Å². The van der Waals surface area contributed by atoms with Crippen molar-refractivity contribution in [1.82, 2.24) is 9.88 Å². The molecule has 0 fully saturated rings. The maximum atomic E-state index is 12.1. The predicted molar refractivity (Wildman–Crippen MR) is 75.1 cm³/mol. The lowest BCUT2D eigenvalue weighted by Crippen LogP contribution is -2.32. The molecule has 0 spiro atoms. The van der Waals surface area contributed by atoms with E-state index in [0.717, 1.165) is 6.26 Å². The number of rotatable bonds is 6. The first-order valence-electron chi connectivity index (χ1n) is 5.97. The molecule has 0 aliphatic heterocycles. The summed E-state index contributed by atoms with van der Waals surface area (Å²) in [5, 5.41) is 3.02. The van der Waals surface area contributed by atoms with Gasteiger partial charge in [0.05, 0.1) is 5.75 Å². The second-order valence-corrected chi connectivity index (χ2v) is 6.55. The Morgan fingerprint density at radius 3 is 2.68 bits per heavy atom. The van der Waals surface area contributed by atoms with Gasteiger partial charge in [-0.05, 0) is 19.1 Å². The lowest BCUT2D eigenvalue weighted by Gasteiger charge is -2.16. The number of nitrogens with one attached hydrogen (secondary N) is 1. The van der Waals surface area contributed by atoms with Crippen LogP contribution < -0.4 is 5.32 Å². The van der Waals surface area contributed by atoms with Crippen molar-refractivity contribution in [2.45, 2.75) is 6.92 Å². The number of hydrogen-bond acceptors (Lipinski definition) is 5. The first-order chi connectivity index (χ1) is 8.83. The fraction of sp³-hybridized carbons (Fsp3) is 0.500. The molecule has 0 unspecified atom stereocenters. The summed E-state index contributed by atoms with van der Waals surface area (Å²) in [7, 11) is -1.51. The van der Waals surface area contributed by atoms with E-state index in [1.807, 2.05) is 6.92 Å². The van der Waals surface area contributed by atoms with Crippen LogP contribution >= 0.6 is 0 Å². The molecule has 1 N–H and O–H groups in total. The molecule has 7 heteroatoms. The third-order valence-corrected chi connectivity index (χ3v) is 3.39. The topological polar surface area (TPSA) is 79.4 Å². The first-order valence-corrected chi connectivity index (χ1v) is 8.03. The maximum absolute atomic E-state index is 12.1. The molecule has 1 rings (SSSR count). The molecule has 1 amide bonds. The molecule has 0 aromatic carbocycles. The molecule has 19 heavy (non-hydrogen) atoms. The van der Waals surface area contributed by atoms with Gasteiger partial charge in [0.2, 0.25) is 0 Å². The zero-order valence-electron chi connectivity index (χ0n) is 11.4. The summed E-state index contributed by atoms with van der Waals surface area (Å²) >= 11 is 0. The number of pyridine rings is 1. The van der Waals surface area contributed by atoms with Gasteiger partial charge < -0.3 is 10.2 Å². The van der Waals surface area contributed by atoms with Crippen LogP contribution in [0.1, 0.15) is 17.4 Å². The molecule has 0 saturated carbocycles. The normalized spacial score (nSPS) is 11.1. The molecule has 0 radical (unpaired) electrons. The minimum absolute atomic E-state index is 0.0534. The quantitative estimate of drug-likeness (QED) is 0.829. The van der Waals surface area contributed by atoms with E-state index in [2.05, 4.69) is 10.3 Å². The Morgan fingerprint density at radius 1 is 1.42 bits per heavy atom. The number of anilines is 1. The summed E-state index contributed by atoms with van der Waals surface area (Å²) in [5.41, 5.74) is 0.300. The standard InChI is InChI=1S/C12H19N3O3S/c1-4-13-11-7-5-6-10(14-11)12(16)15(2)8-9-19(3,17)18/h5-7H,4,8-9H2,1-3H3,(H,13,14). The summed E-state index contributed by atoms with van der Waals surface area (Å²) < 4.78 is 22.1. The van der Waals surface area contributed by atoms with Crippen LogP contribution in [0.5, 0.6) is 0 Å². The molecule has 0 saturated heterocycles. The zero-order chi connectivity index (χ0) is 14.5. The van der Waals surface area contributed by atoms with Crippen molar-refractivity contribution in [3.63, 3.8) is 0 Å². The lowest BCUT2D eigenvalue weighted by molar-refractivity contribution is 0.0798. The molecule has 1 aromatic rings. The van der Waals surface area contributed by atoms with Crippen LogP contribution in [0.2, 0.25) is 0 Å². The van der Waals surface area contributed by atoms with Crippen LogP contribution in [0.15, 0.2) is 18.2 Å². The minimum atomic E-state index is -3.08. The van der Waals surface area contributed by atoms with Crippen LogP contribution in [-0.4, -0.2) is 56.4 Å². The fourth-order valence-electron chi connectivity index (χ4n) is 1.43. The highest BCUT2D eigenvalue weighted by Gasteiger charge is 2.15. The number of hydrogen-bond donors (Lipinski definition) is 1. The summed E-state index contributed by atoms with van der Waals surface area (Å²) in [6.07, 6.45) is 1.15. The molecular formula is C12H19N3O3S. The average Bonchev–Trinajstić information content (AvgIpc) is 2.35. The smallest absolute Gasteiger partial charge is 0.272 e. The predicted octanol–water partition coefficient (Wildman–Crippen LogP) is 0.630. The van der Waals surface area contributed by atoms with Gasteiger partial charge in [-0.15, -0.1) is 0 Å². The van der Waals surface area contributed by atoms with Gasteiger partial charge in [0.15, 0.2) is 0 Å². The van der Waals surface area contributed by atoms with E-state index in [4.69, 9.17) is 0 Å². The van der Waals surface area contributed by atoms with Crippen molar-refractivity contribution in [1.29, 1.82) is 0 Å². The Morgan fingerprint density at radius 2 is 2.11 bits per heavy atom. The van der Waals surface area contributed by atoms with Crippen LogP contribution in [0, 0.1) is 0 Å². The van der Waals surface area contributed by atoms with Crippen LogP contribution in [0.3, 0.4) is 0 Å². The molecule has 0 aliphatic rings. The lowest BCUT2D eigenvalue weighted by atomic mass is 10.3. The summed E-state index contributed by atoms with van der Waals surface area (Å²) in [5.74, 6) is 0.288. The summed E-state index contributed by atoms with van der Waals surface area (Å²) in [6, 6.07) is 5.12. The second-order valence-electron chi connectivity index (χ2n) is 4.29. The molecule has 1 heterocycles. The molecule has 106 valence electrons. The summed E-state index contributed by atoms with van der Waals surface area (Å²) in [4.78, 5) is 17.6. The van der Waals surface area contributed by atoms with E-state index < -0.39 is 9.84 Å². The van der Waals surface area contributed by atoms with Gasteiger partial charge in [-0.2, -0.15) is 0 Å². The van der Waals surface area contributed by atoms with E-state index in [-0.39, 0.29) is 18.2 Å². The zero-order valence-corrected chi connectivity index (χ0v) is 12.2. The number of carbonyl (C=O) groups excluding carboxylic acids is 1. The molecular weight excluding hydrogens is 266 g/mol. The van der Waals surface area contributed by atoms with Gasteiger partial charge in [0.25, 0.3) is 5.91 Å². The van der Waals surface area contributed by atoms with Gasteiger partial charge >= 0.3 is 0 Å². The highest BCUT2D eigenvalue weighted by atomic mass is 32.2. The van der Waals surface area contributed by atoms with Crippen molar-refractivity contribution in [3.8, 4) is 0 Å². The van der Waals surface area contributed by atoms with E-state index in [9.17, 15) is 13.2 Å². The van der Waals surface area contributed by atoms with E-state index in [1.54, 1.807) is 25.2 Å². The second kappa shape index (κ2) is 6.51. The van der Waals surface area contributed by atoms with E-state index in [1.165, 1.54) is 4.90 Å². The highest BCUT2D eigenvalue weighted by molar-refractivity contribution is 7.90. The fourth-order valence-corrected chi connectivity index (χ4v) is 2.04. The van der Waals surface area contributed by atoms with Crippen molar-refractivity contribution < 1.29 is 13.2 Å². The number of amides is 1. The molecule has 1 aromatic heterocycles. The molecule has 0 bridgehead atoms. The van der Waals surface area contributed by atoms with Gasteiger partial charge in [-0.3, -0.25) is 4.79 Å². The largest absolute Gasteiger partial charge is 0.370 e. The van der Waals surface area contributed by atoms with Crippen molar-refractivity contribution in [3.05, 3.63) is 23.9 Å². The van der Waals surface area contributed by atoms with E-state index in [0.29, 0.717) is 18.1 Å². The van der Waals surface area contributed by atoms with Crippen LogP contribution in [0.25, 0.3) is 0 Å². The Labute approximate surface area is 113 Å². The van der Waals surface area contributed by atoms with Crippen molar-refractivity contribution in [2.24, 2.45) is 0 Å². The number of carbonyl (C=O) groups is 1. The van der Waals surface area contributed by atoms with Crippen LogP contribution in [-0.2, 0) is 9.84 Å². The first kappa shape index (κ1) is 15.4. The monoisotopic (exact) mass is 285 g/mol. The third-order valence-electron chi connectivity index (χ3n) is 2.47. The maximum Gasteiger partial charge on any atom is 0.272 e. The van der Waals surface area contributed by atoms with Gasteiger partial charge in [-0.25, -0.2) is 13.4 Å². The SMILES string of the molecule is CCNc1cccc(C(=O)N(C)CCS(C)(=O)=O)n1. The molecule has 6 nitrogen and oxygen atoms in total. The Kier molecular flexibility index (Phi) is 5.29. The Balaban J connectivity index is 2.73. The molecule has 0 atom stereocenters. The van der Waals surface area contributed by atoms with Gasteiger partial charge in [-0.1, -0.05) is 6.07 Å². The summed E-state index contributed by atoms with van der Waals surface area (Å²) in [6.45, 7) is 2.81. The van der Waals surface area contributed by atoms with Gasteiger partial charge in [0.1, 0.15) is 21.3 Å². The number of sulfone groups is 1. The third kappa shape index (κ3) is 5.25. The Bertz CT molecular complexity index is 543.